The van der Waals surface area contributed by atoms with Gasteiger partial charge in [0.2, 0.25) is 0 Å². The van der Waals surface area contributed by atoms with Crippen molar-refractivity contribution in [3.63, 3.8) is 0 Å². The van der Waals surface area contributed by atoms with Crippen molar-refractivity contribution in [3.05, 3.63) is 212 Å². The van der Waals surface area contributed by atoms with Gasteiger partial charge in [0.25, 0.3) is 0 Å². The fourth-order valence-corrected chi connectivity index (χ4v) is 8.76. The Morgan fingerprint density at radius 3 is 1.24 bits per heavy atom. The zero-order valence-corrected chi connectivity index (χ0v) is 33.4. The summed E-state index contributed by atoms with van der Waals surface area (Å²) in [5, 5.41) is 4.28. The second-order valence-electron chi connectivity index (χ2n) is 15.5. The van der Waals surface area contributed by atoms with Crippen LogP contribution < -0.4 is 0 Å². The Bertz CT molecular complexity index is 3490. The number of hydrogen-bond acceptors (Lipinski definition) is 5. The maximum atomic E-state index is 6.63. The molecule has 0 saturated carbocycles. The van der Waals surface area contributed by atoms with E-state index in [1.807, 2.05) is 42.5 Å². The SMILES string of the molecule is c1ccc(-c2ccc(-c3nc(-c4cc(-c5cccc6c5oc5ccccc56)cc(-c5cccc6c5oc5ccccc56)c4)nc(-c4ccccc4-c4ccccc4)n3)cc2)cc1. The Balaban J connectivity index is 1.11. The number of para-hydroxylation sites is 4. The van der Waals surface area contributed by atoms with E-state index < -0.39 is 0 Å². The highest BCUT2D eigenvalue weighted by Crippen LogP contribution is 2.42. The molecule has 12 aromatic rings. The van der Waals surface area contributed by atoms with Crippen molar-refractivity contribution in [3.8, 4) is 78.7 Å². The van der Waals surface area contributed by atoms with Gasteiger partial charge in [-0.2, -0.15) is 0 Å². The normalized spacial score (nSPS) is 11.5. The van der Waals surface area contributed by atoms with E-state index in [0.717, 1.165) is 105 Å². The van der Waals surface area contributed by atoms with Gasteiger partial charge in [0.1, 0.15) is 22.3 Å². The minimum atomic E-state index is 0.552. The number of aromatic nitrogens is 3. The monoisotopic (exact) mass is 793 g/mol. The number of benzene rings is 9. The Morgan fingerprint density at radius 2 is 0.645 bits per heavy atom. The summed E-state index contributed by atoms with van der Waals surface area (Å²) in [4.78, 5) is 15.9. The summed E-state index contributed by atoms with van der Waals surface area (Å²) in [5.41, 5.74) is 14.3. The van der Waals surface area contributed by atoms with Crippen LogP contribution in [0.1, 0.15) is 0 Å². The molecule has 3 heterocycles. The Morgan fingerprint density at radius 1 is 0.242 bits per heavy atom. The molecule has 0 aliphatic rings. The highest BCUT2D eigenvalue weighted by molar-refractivity contribution is 6.11. The lowest BCUT2D eigenvalue weighted by Gasteiger charge is -2.14. The van der Waals surface area contributed by atoms with Gasteiger partial charge in [0.15, 0.2) is 17.5 Å². The minimum absolute atomic E-state index is 0.552. The van der Waals surface area contributed by atoms with Crippen LogP contribution in [0.25, 0.3) is 123 Å². The van der Waals surface area contributed by atoms with Crippen molar-refractivity contribution in [2.24, 2.45) is 0 Å². The van der Waals surface area contributed by atoms with Crippen LogP contribution in [-0.4, -0.2) is 15.0 Å². The van der Waals surface area contributed by atoms with Crippen LogP contribution in [0.4, 0.5) is 0 Å². The predicted octanol–water partition coefficient (Wildman–Crippen LogP) is 15.3. The highest BCUT2D eigenvalue weighted by atomic mass is 16.3. The van der Waals surface area contributed by atoms with Crippen molar-refractivity contribution in [1.29, 1.82) is 0 Å². The molecule has 12 rings (SSSR count). The summed E-state index contributed by atoms with van der Waals surface area (Å²) in [6.45, 7) is 0. The molecule has 0 aliphatic carbocycles. The van der Waals surface area contributed by atoms with E-state index in [1.54, 1.807) is 0 Å². The molecule has 0 bridgehead atoms. The van der Waals surface area contributed by atoms with Crippen molar-refractivity contribution >= 4 is 43.9 Å². The first-order valence-electron chi connectivity index (χ1n) is 20.8. The lowest BCUT2D eigenvalue weighted by atomic mass is 9.94. The van der Waals surface area contributed by atoms with Gasteiger partial charge in [-0.25, -0.2) is 15.0 Å². The summed E-state index contributed by atoms with van der Waals surface area (Å²) < 4.78 is 13.3. The van der Waals surface area contributed by atoms with Gasteiger partial charge in [-0.05, 0) is 63.7 Å². The molecule has 0 saturated heterocycles. The van der Waals surface area contributed by atoms with Crippen LogP contribution in [0.15, 0.2) is 221 Å². The van der Waals surface area contributed by atoms with Gasteiger partial charge in [0.05, 0.1) is 0 Å². The molecule has 0 aliphatic heterocycles. The molecule has 0 unspecified atom stereocenters. The van der Waals surface area contributed by atoms with Crippen molar-refractivity contribution in [1.82, 2.24) is 15.0 Å². The van der Waals surface area contributed by atoms with Gasteiger partial charge in [-0.1, -0.05) is 182 Å². The van der Waals surface area contributed by atoms with Crippen LogP contribution in [0.5, 0.6) is 0 Å². The molecule has 0 spiro atoms. The maximum Gasteiger partial charge on any atom is 0.164 e. The standard InChI is InChI=1S/C57H35N3O2/c1-3-15-36(16-4-1)37-29-31-39(32-30-37)55-58-56(60-57(59-55)50-22-8-7-19-43(50)38-17-5-2-6-18-38)42-34-40(44-23-13-25-48-46-20-9-11-27-51(46)61-53(44)48)33-41(35-42)45-24-14-26-49-47-21-10-12-28-52(47)62-54(45)49/h1-35H. The number of fused-ring (bicyclic) bond motifs is 6. The minimum Gasteiger partial charge on any atom is -0.455 e. The molecule has 0 radical (unpaired) electrons. The van der Waals surface area contributed by atoms with Gasteiger partial charge in [-0.15, -0.1) is 0 Å². The Hall–Kier alpha value is -8.41. The zero-order valence-electron chi connectivity index (χ0n) is 33.4. The fourth-order valence-electron chi connectivity index (χ4n) is 8.76. The van der Waals surface area contributed by atoms with Crippen molar-refractivity contribution < 1.29 is 8.83 Å². The average molecular weight is 794 g/mol. The zero-order chi connectivity index (χ0) is 41.0. The van der Waals surface area contributed by atoms with E-state index in [1.165, 1.54) is 0 Å². The predicted molar refractivity (Wildman–Crippen MR) is 252 cm³/mol. The average Bonchev–Trinajstić information content (AvgIpc) is 3.93. The third-order valence-electron chi connectivity index (χ3n) is 11.8. The smallest absolute Gasteiger partial charge is 0.164 e. The molecule has 0 fully saturated rings. The van der Waals surface area contributed by atoms with Crippen molar-refractivity contribution in [2.75, 3.05) is 0 Å². The number of nitrogens with zero attached hydrogens (tertiary/aromatic N) is 3. The number of hydrogen-bond donors (Lipinski definition) is 0. The third kappa shape index (κ3) is 6.14. The lowest BCUT2D eigenvalue weighted by Crippen LogP contribution is -2.01. The fraction of sp³-hybridized carbons (Fsp3) is 0. The molecule has 0 amide bonds. The molecule has 0 atom stereocenters. The van der Waals surface area contributed by atoms with Gasteiger partial charge in [-0.3, -0.25) is 0 Å². The molecular formula is C57H35N3O2. The van der Waals surface area contributed by atoms with E-state index in [-0.39, 0.29) is 0 Å². The van der Waals surface area contributed by atoms with Gasteiger partial charge in [0, 0.05) is 49.4 Å². The molecule has 62 heavy (non-hydrogen) atoms. The first-order valence-corrected chi connectivity index (χ1v) is 20.8. The number of furan rings is 2. The summed E-state index contributed by atoms with van der Waals surface area (Å²) in [7, 11) is 0. The van der Waals surface area contributed by atoms with Gasteiger partial charge >= 0.3 is 0 Å². The quantitative estimate of drug-likeness (QED) is 0.161. The summed E-state index contributed by atoms with van der Waals surface area (Å²) in [6.07, 6.45) is 0. The molecular weight excluding hydrogens is 759 g/mol. The first-order chi connectivity index (χ1) is 30.7. The first kappa shape index (κ1) is 35.5. The highest BCUT2D eigenvalue weighted by Gasteiger charge is 2.20. The maximum absolute atomic E-state index is 6.63. The molecule has 9 aromatic carbocycles. The van der Waals surface area contributed by atoms with E-state index >= 15 is 0 Å². The largest absolute Gasteiger partial charge is 0.455 e. The van der Waals surface area contributed by atoms with Gasteiger partial charge < -0.3 is 8.83 Å². The molecule has 290 valence electrons. The summed E-state index contributed by atoms with van der Waals surface area (Å²) in [6, 6.07) is 73.3. The Labute approximate surface area is 357 Å². The van der Waals surface area contributed by atoms with E-state index in [0.29, 0.717) is 17.5 Å². The Kier molecular flexibility index (Phi) is 8.42. The van der Waals surface area contributed by atoms with Crippen LogP contribution in [0.3, 0.4) is 0 Å². The van der Waals surface area contributed by atoms with Crippen LogP contribution >= 0.6 is 0 Å². The van der Waals surface area contributed by atoms with E-state index in [2.05, 4.69) is 170 Å². The third-order valence-corrected chi connectivity index (χ3v) is 11.8. The lowest BCUT2D eigenvalue weighted by molar-refractivity contribution is 0.670. The van der Waals surface area contributed by atoms with E-state index in [9.17, 15) is 0 Å². The summed E-state index contributed by atoms with van der Waals surface area (Å²) >= 11 is 0. The number of rotatable bonds is 7. The molecule has 5 heteroatoms. The topological polar surface area (TPSA) is 65.0 Å². The van der Waals surface area contributed by atoms with Crippen molar-refractivity contribution in [2.45, 2.75) is 0 Å². The van der Waals surface area contributed by atoms with E-state index in [4.69, 9.17) is 23.8 Å². The molecule has 0 N–H and O–H groups in total. The second-order valence-corrected chi connectivity index (χ2v) is 15.5. The van der Waals surface area contributed by atoms with Crippen LogP contribution in [0, 0.1) is 0 Å². The summed E-state index contributed by atoms with van der Waals surface area (Å²) in [5.74, 6) is 1.72. The van der Waals surface area contributed by atoms with Crippen LogP contribution in [-0.2, 0) is 0 Å². The van der Waals surface area contributed by atoms with Crippen LogP contribution in [0.2, 0.25) is 0 Å². The molecule has 3 aromatic heterocycles. The molecule has 5 nitrogen and oxygen atoms in total. The second kappa shape index (κ2) is 14.7.